The van der Waals surface area contributed by atoms with Gasteiger partial charge < -0.3 is 9.64 Å². The average molecular weight is 431 g/mol. The maximum absolute atomic E-state index is 12.8. The standard InChI is InChI=1S/C23H30N2O4S/c1-4-29-20-11-9-19(10-12-20)21-6-5-15-25(21)23(26)13-14-24-30(27,28)22-16-17(2)7-8-18(22)3/h7-12,16,21,24H,4-6,13-15H2,1-3H3. The highest BCUT2D eigenvalue weighted by Crippen LogP contribution is 2.33. The van der Waals surface area contributed by atoms with Gasteiger partial charge in [-0.15, -0.1) is 0 Å². The third-order valence-electron chi connectivity index (χ3n) is 5.41. The lowest BCUT2D eigenvalue weighted by Gasteiger charge is -2.25. The van der Waals surface area contributed by atoms with Gasteiger partial charge in [0.05, 0.1) is 17.5 Å². The smallest absolute Gasteiger partial charge is 0.240 e. The predicted octanol–water partition coefficient (Wildman–Crippen LogP) is 3.73. The fraction of sp³-hybridized carbons (Fsp3) is 0.435. The van der Waals surface area contributed by atoms with Gasteiger partial charge in [0.1, 0.15) is 5.75 Å². The molecule has 1 N–H and O–H groups in total. The van der Waals surface area contributed by atoms with E-state index in [1.807, 2.05) is 49.1 Å². The van der Waals surface area contributed by atoms with E-state index in [9.17, 15) is 13.2 Å². The van der Waals surface area contributed by atoms with E-state index in [1.54, 1.807) is 19.1 Å². The molecule has 0 spiro atoms. The van der Waals surface area contributed by atoms with Crippen molar-refractivity contribution in [1.82, 2.24) is 9.62 Å². The molecule has 162 valence electrons. The zero-order chi connectivity index (χ0) is 21.7. The lowest BCUT2D eigenvalue weighted by atomic mass is 10.0. The number of amides is 1. The number of carbonyl (C=O) groups is 1. The number of carbonyl (C=O) groups excluding carboxylic acids is 1. The fourth-order valence-corrected chi connectivity index (χ4v) is 5.23. The molecule has 6 nitrogen and oxygen atoms in total. The molecule has 1 aliphatic rings. The Morgan fingerprint density at radius 3 is 2.60 bits per heavy atom. The van der Waals surface area contributed by atoms with Crippen molar-refractivity contribution in [3.63, 3.8) is 0 Å². The molecule has 1 saturated heterocycles. The van der Waals surface area contributed by atoms with Crippen molar-refractivity contribution in [3.8, 4) is 5.75 Å². The number of rotatable bonds is 8. The van der Waals surface area contributed by atoms with Crippen molar-refractivity contribution in [1.29, 1.82) is 0 Å². The second-order valence-corrected chi connectivity index (χ2v) is 9.40. The third kappa shape index (κ3) is 5.21. The zero-order valence-corrected chi connectivity index (χ0v) is 18.7. The number of ether oxygens (including phenoxy) is 1. The molecule has 1 fully saturated rings. The van der Waals surface area contributed by atoms with Gasteiger partial charge in [0.15, 0.2) is 0 Å². The van der Waals surface area contributed by atoms with Crippen LogP contribution < -0.4 is 9.46 Å². The van der Waals surface area contributed by atoms with Crippen LogP contribution in [0.1, 0.15) is 48.9 Å². The van der Waals surface area contributed by atoms with E-state index < -0.39 is 10.0 Å². The van der Waals surface area contributed by atoms with Gasteiger partial charge in [0, 0.05) is 19.5 Å². The van der Waals surface area contributed by atoms with Crippen molar-refractivity contribution < 1.29 is 17.9 Å². The molecule has 3 rings (SSSR count). The Balaban J connectivity index is 1.60. The number of nitrogens with one attached hydrogen (secondary N) is 1. The van der Waals surface area contributed by atoms with E-state index >= 15 is 0 Å². The lowest BCUT2D eigenvalue weighted by molar-refractivity contribution is -0.131. The highest BCUT2D eigenvalue weighted by Gasteiger charge is 2.30. The molecule has 1 amide bonds. The summed E-state index contributed by atoms with van der Waals surface area (Å²) in [5, 5.41) is 0. The van der Waals surface area contributed by atoms with Crippen LogP contribution in [-0.2, 0) is 14.8 Å². The van der Waals surface area contributed by atoms with E-state index in [0.717, 1.165) is 29.7 Å². The minimum atomic E-state index is -3.64. The van der Waals surface area contributed by atoms with Crippen LogP contribution in [0.5, 0.6) is 5.75 Å². The normalized spacial score (nSPS) is 16.6. The minimum Gasteiger partial charge on any atom is -0.494 e. The van der Waals surface area contributed by atoms with Crippen molar-refractivity contribution in [2.24, 2.45) is 0 Å². The monoisotopic (exact) mass is 430 g/mol. The Morgan fingerprint density at radius 1 is 1.17 bits per heavy atom. The molecule has 7 heteroatoms. The Kier molecular flexibility index (Phi) is 7.15. The fourth-order valence-electron chi connectivity index (χ4n) is 3.88. The second-order valence-electron chi connectivity index (χ2n) is 7.66. The van der Waals surface area contributed by atoms with Gasteiger partial charge in [-0.3, -0.25) is 4.79 Å². The summed E-state index contributed by atoms with van der Waals surface area (Å²) >= 11 is 0. The van der Waals surface area contributed by atoms with Crippen LogP contribution in [0.25, 0.3) is 0 Å². The summed E-state index contributed by atoms with van der Waals surface area (Å²) in [6.07, 6.45) is 1.99. The Hall–Kier alpha value is -2.38. The molecule has 30 heavy (non-hydrogen) atoms. The van der Waals surface area contributed by atoms with E-state index in [4.69, 9.17) is 4.74 Å². The van der Waals surface area contributed by atoms with Crippen LogP contribution in [0.4, 0.5) is 0 Å². The summed E-state index contributed by atoms with van der Waals surface area (Å²) in [7, 11) is -3.64. The topological polar surface area (TPSA) is 75.7 Å². The minimum absolute atomic E-state index is 0.0313. The van der Waals surface area contributed by atoms with Crippen LogP contribution in [0.2, 0.25) is 0 Å². The first kappa shape index (κ1) is 22.3. The van der Waals surface area contributed by atoms with E-state index in [-0.39, 0.29) is 29.8 Å². The number of likely N-dealkylation sites (tertiary alicyclic amines) is 1. The van der Waals surface area contributed by atoms with Crippen molar-refractivity contribution in [3.05, 3.63) is 59.2 Å². The highest BCUT2D eigenvalue weighted by molar-refractivity contribution is 7.89. The summed E-state index contributed by atoms with van der Waals surface area (Å²) in [5.41, 5.74) is 2.65. The van der Waals surface area contributed by atoms with E-state index in [0.29, 0.717) is 18.7 Å². The molecule has 2 aromatic carbocycles. The van der Waals surface area contributed by atoms with Crippen LogP contribution in [0.15, 0.2) is 47.4 Å². The molecule has 0 bridgehead atoms. The molecule has 2 aromatic rings. The molecule has 0 aromatic heterocycles. The molecular formula is C23H30N2O4S. The quantitative estimate of drug-likeness (QED) is 0.692. The highest BCUT2D eigenvalue weighted by atomic mass is 32.2. The van der Waals surface area contributed by atoms with Gasteiger partial charge in [-0.2, -0.15) is 0 Å². The lowest BCUT2D eigenvalue weighted by Crippen LogP contribution is -2.34. The number of nitrogens with zero attached hydrogens (tertiary/aromatic N) is 1. The second kappa shape index (κ2) is 9.62. The molecule has 0 aliphatic carbocycles. The number of hydrogen-bond acceptors (Lipinski definition) is 4. The van der Waals surface area contributed by atoms with Crippen molar-refractivity contribution in [2.75, 3.05) is 19.7 Å². The number of benzene rings is 2. The zero-order valence-electron chi connectivity index (χ0n) is 17.8. The van der Waals surface area contributed by atoms with Crippen LogP contribution >= 0.6 is 0 Å². The summed E-state index contributed by atoms with van der Waals surface area (Å²) < 4.78 is 33.3. The Morgan fingerprint density at radius 2 is 1.90 bits per heavy atom. The average Bonchev–Trinajstić information content (AvgIpc) is 3.20. The molecule has 1 atom stereocenters. The summed E-state index contributed by atoms with van der Waals surface area (Å²) in [6.45, 7) is 6.97. The Labute approximate surface area is 179 Å². The van der Waals surface area contributed by atoms with Gasteiger partial charge in [0.25, 0.3) is 0 Å². The predicted molar refractivity (Wildman–Crippen MR) is 117 cm³/mol. The van der Waals surface area contributed by atoms with E-state index in [2.05, 4.69) is 4.72 Å². The first-order valence-electron chi connectivity index (χ1n) is 10.4. The maximum atomic E-state index is 12.8. The van der Waals surface area contributed by atoms with E-state index in [1.165, 1.54) is 0 Å². The molecule has 0 radical (unpaired) electrons. The Bertz CT molecular complexity index is 987. The van der Waals surface area contributed by atoms with Crippen LogP contribution in [-0.4, -0.2) is 38.9 Å². The summed E-state index contributed by atoms with van der Waals surface area (Å²) in [4.78, 5) is 14.9. The van der Waals surface area contributed by atoms with Crippen molar-refractivity contribution >= 4 is 15.9 Å². The maximum Gasteiger partial charge on any atom is 0.240 e. The first-order chi connectivity index (χ1) is 14.3. The van der Waals surface area contributed by atoms with Crippen molar-refractivity contribution in [2.45, 2.75) is 51.0 Å². The molecular weight excluding hydrogens is 400 g/mol. The van der Waals surface area contributed by atoms with Gasteiger partial charge in [-0.05, 0) is 68.5 Å². The van der Waals surface area contributed by atoms with Crippen LogP contribution in [0.3, 0.4) is 0 Å². The molecule has 0 saturated carbocycles. The number of aryl methyl sites for hydroxylation is 2. The van der Waals surface area contributed by atoms with Crippen LogP contribution in [0, 0.1) is 13.8 Å². The van der Waals surface area contributed by atoms with Gasteiger partial charge >= 0.3 is 0 Å². The molecule has 1 heterocycles. The molecule has 1 aliphatic heterocycles. The van der Waals surface area contributed by atoms with Gasteiger partial charge in [-0.25, -0.2) is 13.1 Å². The van der Waals surface area contributed by atoms with Gasteiger partial charge in [0.2, 0.25) is 15.9 Å². The summed E-state index contributed by atoms with van der Waals surface area (Å²) in [5.74, 6) is 0.785. The summed E-state index contributed by atoms with van der Waals surface area (Å²) in [6, 6.07) is 13.2. The third-order valence-corrected chi connectivity index (χ3v) is 7.02. The number of hydrogen-bond donors (Lipinski definition) is 1. The first-order valence-corrected chi connectivity index (χ1v) is 11.9. The number of sulfonamides is 1. The van der Waals surface area contributed by atoms with Gasteiger partial charge in [-0.1, -0.05) is 24.3 Å². The largest absolute Gasteiger partial charge is 0.494 e. The SMILES string of the molecule is CCOc1ccc(C2CCCN2C(=O)CCNS(=O)(=O)c2cc(C)ccc2C)cc1. The molecule has 1 unspecified atom stereocenters.